The molecule has 2 aromatic carbocycles. The molecule has 0 saturated heterocycles. The number of amides is 1. The zero-order valence-electron chi connectivity index (χ0n) is 14.6. The Kier molecular flexibility index (Phi) is 5.44. The molecule has 0 saturated carbocycles. The van der Waals surface area contributed by atoms with E-state index in [1.54, 1.807) is 25.1 Å². The molecule has 154 valence electrons. The summed E-state index contributed by atoms with van der Waals surface area (Å²) in [7, 11) is 0. The molecule has 0 radical (unpaired) electrons. The molecule has 0 atom stereocenters. The molecule has 1 amide bonds. The summed E-state index contributed by atoms with van der Waals surface area (Å²) in [4.78, 5) is 16.4. The summed E-state index contributed by atoms with van der Waals surface area (Å²) >= 11 is 1.01. The van der Waals surface area contributed by atoms with Crippen LogP contribution in [0, 0.1) is 0 Å². The Balaban J connectivity index is 1.93. The Labute approximate surface area is 164 Å². The van der Waals surface area contributed by atoms with Crippen molar-refractivity contribution in [1.29, 1.82) is 0 Å². The van der Waals surface area contributed by atoms with Gasteiger partial charge in [0.2, 0.25) is 0 Å². The molecule has 0 bridgehead atoms. The molecule has 0 aliphatic heterocycles. The lowest BCUT2D eigenvalue weighted by molar-refractivity contribution is -0.143. The molecule has 0 fully saturated rings. The van der Waals surface area contributed by atoms with Crippen LogP contribution in [-0.4, -0.2) is 17.5 Å². The second kappa shape index (κ2) is 7.54. The van der Waals surface area contributed by atoms with Gasteiger partial charge in [-0.1, -0.05) is 11.3 Å². The number of rotatable bonds is 4. The molecule has 1 aromatic heterocycles. The number of benzene rings is 2. The summed E-state index contributed by atoms with van der Waals surface area (Å²) in [6, 6.07) is 5.64. The lowest BCUT2D eigenvalue weighted by Crippen LogP contribution is -2.17. The number of carbonyl (C=O) groups is 1. The molecule has 0 unspecified atom stereocenters. The average Bonchev–Trinajstić information content (AvgIpc) is 3.01. The van der Waals surface area contributed by atoms with Gasteiger partial charge in [0.05, 0.1) is 28.0 Å². The molecular formula is C18H12F6N2O2S. The van der Waals surface area contributed by atoms with Gasteiger partial charge >= 0.3 is 12.4 Å². The third-order valence-electron chi connectivity index (χ3n) is 3.74. The first-order valence-electron chi connectivity index (χ1n) is 8.11. The average molecular weight is 434 g/mol. The van der Waals surface area contributed by atoms with Crippen LogP contribution in [0.15, 0.2) is 36.4 Å². The summed E-state index contributed by atoms with van der Waals surface area (Å²) in [5.74, 6) is -0.570. The van der Waals surface area contributed by atoms with Crippen molar-refractivity contribution in [2.75, 3.05) is 11.9 Å². The molecular weight excluding hydrogens is 422 g/mol. The minimum Gasteiger partial charge on any atom is -0.494 e. The van der Waals surface area contributed by atoms with Crippen molar-refractivity contribution in [3.63, 3.8) is 0 Å². The summed E-state index contributed by atoms with van der Waals surface area (Å²) in [6.07, 6.45) is -10.1. The minimum atomic E-state index is -5.04. The number of aromatic nitrogens is 1. The first-order chi connectivity index (χ1) is 13.5. The summed E-state index contributed by atoms with van der Waals surface area (Å²) in [5.41, 5.74) is -3.42. The van der Waals surface area contributed by atoms with Crippen molar-refractivity contribution in [3.8, 4) is 5.75 Å². The van der Waals surface area contributed by atoms with Crippen molar-refractivity contribution in [2.45, 2.75) is 19.3 Å². The number of hydrogen-bond donors (Lipinski definition) is 1. The van der Waals surface area contributed by atoms with Crippen molar-refractivity contribution in [2.24, 2.45) is 0 Å². The number of fused-ring (bicyclic) bond motifs is 1. The normalized spacial score (nSPS) is 12.2. The second-order valence-corrected chi connectivity index (χ2v) is 6.86. The molecule has 0 aliphatic carbocycles. The van der Waals surface area contributed by atoms with Gasteiger partial charge in [0.15, 0.2) is 5.13 Å². The summed E-state index contributed by atoms with van der Waals surface area (Å²) in [5, 5.41) is 2.28. The topological polar surface area (TPSA) is 51.2 Å². The molecule has 0 aliphatic rings. The van der Waals surface area contributed by atoms with Crippen molar-refractivity contribution in [3.05, 3.63) is 53.1 Å². The number of halogens is 6. The zero-order chi connectivity index (χ0) is 21.4. The first-order valence-corrected chi connectivity index (χ1v) is 8.93. The van der Waals surface area contributed by atoms with Gasteiger partial charge in [-0.15, -0.1) is 0 Å². The van der Waals surface area contributed by atoms with Crippen molar-refractivity contribution >= 4 is 32.6 Å². The quantitative estimate of drug-likeness (QED) is 0.514. The fourth-order valence-corrected chi connectivity index (χ4v) is 3.36. The van der Waals surface area contributed by atoms with Crippen molar-refractivity contribution in [1.82, 2.24) is 4.98 Å². The fourth-order valence-electron chi connectivity index (χ4n) is 2.47. The Hall–Kier alpha value is -2.82. The van der Waals surface area contributed by atoms with Gasteiger partial charge in [-0.25, -0.2) is 4.98 Å². The van der Waals surface area contributed by atoms with Gasteiger partial charge in [-0.2, -0.15) is 26.3 Å². The highest BCUT2D eigenvalue weighted by molar-refractivity contribution is 7.22. The van der Waals surface area contributed by atoms with E-state index in [1.807, 2.05) is 0 Å². The van der Waals surface area contributed by atoms with Gasteiger partial charge in [0, 0.05) is 5.56 Å². The first kappa shape index (κ1) is 20.9. The fraction of sp³-hybridized carbons (Fsp3) is 0.222. The van der Waals surface area contributed by atoms with Crippen LogP contribution in [0.25, 0.3) is 10.2 Å². The van der Waals surface area contributed by atoms with E-state index in [0.29, 0.717) is 34.7 Å². The van der Waals surface area contributed by atoms with E-state index in [9.17, 15) is 31.1 Å². The third-order valence-corrected chi connectivity index (χ3v) is 4.67. The SMILES string of the molecule is CCOc1ccc2nc(NC(=O)c3cc(C(F)(F)F)cc(C(F)(F)F)c3)sc2c1. The minimum absolute atomic E-state index is 0.0321. The number of nitrogens with one attached hydrogen (secondary N) is 1. The van der Waals surface area contributed by atoms with Crippen LogP contribution in [0.2, 0.25) is 0 Å². The Bertz CT molecular complexity index is 1030. The highest BCUT2D eigenvalue weighted by Gasteiger charge is 2.37. The zero-order valence-corrected chi connectivity index (χ0v) is 15.4. The van der Waals surface area contributed by atoms with Gasteiger partial charge < -0.3 is 4.74 Å². The van der Waals surface area contributed by atoms with E-state index in [1.165, 1.54) is 0 Å². The molecule has 29 heavy (non-hydrogen) atoms. The number of nitrogens with zero attached hydrogens (tertiary/aromatic N) is 1. The number of anilines is 1. The van der Waals surface area contributed by atoms with Crippen molar-refractivity contribution < 1.29 is 35.9 Å². The molecule has 11 heteroatoms. The Morgan fingerprint density at radius 2 is 1.66 bits per heavy atom. The number of alkyl halides is 6. The maximum atomic E-state index is 12.9. The van der Waals surface area contributed by atoms with Crippen LogP contribution in [0.1, 0.15) is 28.4 Å². The second-order valence-electron chi connectivity index (χ2n) is 5.83. The van der Waals surface area contributed by atoms with E-state index in [-0.39, 0.29) is 11.2 Å². The molecule has 4 nitrogen and oxygen atoms in total. The monoisotopic (exact) mass is 434 g/mol. The highest BCUT2D eigenvalue weighted by atomic mass is 32.1. The smallest absolute Gasteiger partial charge is 0.416 e. The predicted molar refractivity (Wildman–Crippen MR) is 95.2 cm³/mol. The maximum Gasteiger partial charge on any atom is 0.416 e. The van der Waals surface area contributed by atoms with E-state index >= 15 is 0 Å². The molecule has 1 heterocycles. The lowest BCUT2D eigenvalue weighted by Gasteiger charge is -2.13. The standard InChI is InChI=1S/C18H12F6N2O2S/c1-2-28-12-3-4-13-14(8-12)29-16(25-13)26-15(27)9-5-10(17(19,20)21)7-11(6-9)18(22,23)24/h3-8H,2H2,1H3,(H,25,26,27). The molecule has 3 aromatic rings. The van der Waals surface area contributed by atoms with Crippen LogP contribution in [0.3, 0.4) is 0 Å². The van der Waals surface area contributed by atoms with Crippen LogP contribution in [0.4, 0.5) is 31.5 Å². The molecule has 3 rings (SSSR count). The highest BCUT2D eigenvalue weighted by Crippen LogP contribution is 2.37. The van der Waals surface area contributed by atoms with E-state index in [2.05, 4.69) is 10.3 Å². The number of carbonyl (C=O) groups excluding carboxylic acids is 1. The largest absolute Gasteiger partial charge is 0.494 e. The lowest BCUT2D eigenvalue weighted by atomic mass is 10.0. The maximum absolute atomic E-state index is 12.9. The number of hydrogen-bond acceptors (Lipinski definition) is 4. The van der Waals surface area contributed by atoms with Crippen LogP contribution in [0.5, 0.6) is 5.75 Å². The number of thiazole rings is 1. The van der Waals surface area contributed by atoms with E-state index < -0.39 is 35.0 Å². The van der Waals surface area contributed by atoms with Crippen LogP contribution in [-0.2, 0) is 12.4 Å². The van der Waals surface area contributed by atoms with Crippen LogP contribution < -0.4 is 10.1 Å². The number of ether oxygens (including phenoxy) is 1. The summed E-state index contributed by atoms with van der Waals surface area (Å²) < 4.78 is 83.6. The summed E-state index contributed by atoms with van der Waals surface area (Å²) in [6.45, 7) is 2.23. The van der Waals surface area contributed by atoms with Gasteiger partial charge in [-0.05, 0) is 43.3 Å². The predicted octanol–water partition coefficient (Wildman–Crippen LogP) is 5.98. The van der Waals surface area contributed by atoms with E-state index in [0.717, 1.165) is 11.3 Å². The van der Waals surface area contributed by atoms with E-state index in [4.69, 9.17) is 4.74 Å². The van der Waals surface area contributed by atoms with Gasteiger partial charge in [-0.3, -0.25) is 10.1 Å². The third kappa shape index (κ3) is 4.78. The Morgan fingerprint density at radius 3 is 2.21 bits per heavy atom. The van der Waals surface area contributed by atoms with Gasteiger partial charge in [0.25, 0.3) is 5.91 Å². The molecule has 1 N–H and O–H groups in total. The van der Waals surface area contributed by atoms with Gasteiger partial charge in [0.1, 0.15) is 5.75 Å². The molecule has 0 spiro atoms. The Morgan fingerprint density at radius 1 is 1.03 bits per heavy atom. The van der Waals surface area contributed by atoms with Crippen LogP contribution >= 0.6 is 11.3 Å².